The van der Waals surface area contributed by atoms with Crippen LogP contribution in [-0.4, -0.2) is 18.9 Å². The molecule has 120 valence electrons. The molecule has 0 saturated heterocycles. The third-order valence-corrected chi connectivity index (χ3v) is 6.04. The van der Waals surface area contributed by atoms with E-state index in [-0.39, 0.29) is 17.7 Å². The summed E-state index contributed by atoms with van der Waals surface area (Å²) in [5.41, 5.74) is 1.39. The summed E-state index contributed by atoms with van der Waals surface area (Å²) >= 11 is 2.69. The summed E-state index contributed by atoms with van der Waals surface area (Å²) in [4.78, 5) is 25.4. The van der Waals surface area contributed by atoms with Crippen molar-refractivity contribution in [1.29, 1.82) is 5.26 Å². The van der Waals surface area contributed by atoms with Gasteiger partial charge in [0.25, 0.3) is 0 Å². The summed E-state index contributed by atoms with van der Waals surface area (Å²) in [5, 5.41) is 9.89. The van der Waals surface area contributed by atoms with Gasteiger partial charge in [-0.15, -0.1) is 22.7 Å². The molecule has 0 aliphatic heterocycles. The van der Waals surface area contributed by atoms with Gasteiger partial charge < -0.3 is 4.74 Å². The second-order valence-corrected chi connectivity index (χ2v) is 7.62. The molecule has 0 bridgehead atoms. The zero-order chi connectivity index (χ0) is 17.3. The Bertz CT molecular complexity index is 946. The molecule has 1 atom stereocenters. The van der Waals surface area contributed by atoms with Gasteiger partial charge in [-0.2, -0.15) is 5.26 Å². The van der Waals surface area contributed by atoms with Gasteiger partial charge in [0.05, 0.1) is 28.0 Å². The second-order valence-electron chi connectivity index (χ2n) is 5.26. The normalized spacial score (nSPS) is 11.9. The average molecular weight is 355 g/mol. The molecular formula is C18H13NO3S2. The number of esters is 1. The van der Waals surface area contributed by atoms with Crippen molar-refractivity contribution in [1.82, 2.24) is 0 Å². The summed E-state index contributed by atoms with van der Waals surface area (Å²) in [6.45, 7) is 1.80. The number of benzene rings is 1. The summed E-state index contributed by atoms with van der Waals surface area (Å²) < 4.78 is 5.63. The Morgan fingerprint density at radius 3 is 2.54 bits per heavy atom. The lowest BCUT2D eigenvalue weighted by Crippen LogP contribution is -2.00. The molecule has 3 aromatic rings. The van der Waals surface area contributed by atoms with E-state index in [1.165, 1.54) is 29.8 Å². The number of nitrogens with zero attached hydrogens (tertiary/aromatic N) is 1. The van der Waals surface area contributed by atoms with E-state index in [0.717, 1.165) is 15.0 Å². The van der Waals surface area contributed by atoms with Crippen molar-refractivity contribution in [2.45, 2.75) is 12.8 Å². The lowest BCUT2D eigenvalue weighted by molar-refractivity contribution is 0.0606. The molecule has 1 unspecified atom stereocenters. The molecule has 2 aromatic heterocycles. The van der Waals surface area contributed by atoms with Gasteiger partial charge in [-0.25, -0.2) is 4.79 Å². The molecular weight excluding hydrogens is 342 g/mol. The van der Waals surface area contributed by atoms with E-state index in [9.17, 15) is 9.59 Å². The van der Waals surface area contributed by atoms with Crippen LogP contribution in [0.15, 0.2) is 36.4 Å². The quantitative estimate of drug-likeness (QED) is 0.506. The van der Waals surface area contributed by atoms with Gasteiger partial charge in [0.1, 0.15) is 4.88 Å². The first-order valence-electron chi connectivity index (χ1n) is 7.19. The van der Waals surface area contributed by atoms with Crippen LogP contribution in [-0.2, 0) is 4.74 Å². The Kier molecular flexibility index (Phi) is 4.47. The maximum atomic E-state index is 12.7. The molecule has 0 aliphatic rings. The van der Waals surface area contributed by atoms with Gasteiger partial charge in [0.2, 0.25) is 5.78 Å². The maximum Gasteiger partial charge on any atom is 0.348 e. The molecule has 24 heavy (non-hydrogen) atoms. The molecule has 6 heteroatoms. The molecule has 0 saturated carbocycles. The summed E-state index contributed by atoms with van der Waals surface area (Å²) in [6.07, 6.45) is 0. The number of nitriles is 1. The predicted octanol–water partition coefficient (Wildman–Crippen LogP) is 4.61. The molecule has 0 aliphatic carbocycles. The third-order valence-electron chi connectivity index (χ3n) is 3.67. The first-order valence-corrected chi connectivity index (χ1v) is 8.82. The highest BCUT2D eigenvalue weighted by atomic mass is 32.2. The zero-order valence-corrected chi connectivity index (χ0v) is 14.7. The number of methoxy groups -OCH3 is 1. The lowest BCUT2D eigenvalue weighted by Gasteiger charge is -2.05. The number of thiophene rings is 2. The highest BCUT2D eigenvalue weighted by Crippen LogP contribution is 2.35. The molecule has 4 nitrogen and oxygen atoms in total. The van der Waals surface area contributed by atoms with Gasteiger partial charge in [-0.3, -0.25) is 4.79 Å². The van der Waals surface area contributed by atoms with Gasteiger partial charge in [0.15, 0.2) is 0 Å². The monoisotopic (exact) mass is 355 g/mol. The Labute approximate surface area is 146 Å². The van der Waals surface area contributed by atoms with Crippen LogP contribution >= 0.6 is 22.7 Å². The van der Waals surface area contributed by atoms with E-state index < -0.39 is 0 Å². The van der Waals surface area contributed by atoms with Gasteiger partial charge in [0, 0.05) is 10.9 Å². The number of carbonyl (C=O) groups excluding carboxylic acids is 2. The van der Waals surface area contributed by atoms with Crippen LogP contribution in [0.1, 0.15) is 43.3 Å². The fourth-order valence-electron chi connectivity index (χ4n) is 2.32. The van der Waals surface area contributed by atoms with E-state index in [1.807, 2.05) is 6.07 Å². The van der Waals surface area contributed by atoms with Crippen LogP contribution in [0.4, 0.5) is 0 Å². The number of fused-ring (bicyclic) bond motifs is 1. The van der Waals surface area contributed by atoms with Crippen molar-refractivity contribution in [2.24, 2.45) is 0 Å². The standard InChI is InChI=1S/C18H13NO3S2/c1-10(9-19)11-4-3-5-12(6-11)16(20)14-7-13-8-15(17(21)22-2)24-18(13)23-14/h3-8,10H,1-2H3. The lowest BCUT2D eigenvalue weighted by atomic mass is 9.98. The van der Waals surface area contributed by atoms with Crippen molar-refractivity contribution in [3.8, 4) is 6.07 Å². The van der Waals surface area contributed by atoms with Crippen molar-refractivity contribution >= 4 is 43.8 Å². The highest BCUT2D eigenvalue weighted by Gasteiger charge is 2.18. The highest BCUT2D eigenvalue weighted by molar-refractivity contribution is 7.39. The minimum absolute atomic E-state index is 0.0741. The van der Waals surface area contributed by atoms with Crippen molar-refractivity contribution < 1.29 is 14.3 Å². The van der Waals surface area contributed by atoms with Crippen LogP contribution in [0.2, 0.25) is 0 Å². The van der Waals surface area contributed by atoms with E-state index >= 15 is 0 Å². The summed E-state index contributed by atoms with van der Waals surface area (Å²) in [6, 6.07) is 12.9. The Morgan fingerprint density at radius 2 is 1.88 bits per heavy atom. The topological polar surface area (TPSA) is 67.2 Å². The van der Waals surface area contributed by atoms with Crippen molar-refractivity contribution in [3.63, 3.8) is 0 Å². The maximum absolute atomic E-state index is 12.7. The SMILES string of the molecule is COC(=O)c1cc2cc(C(=O)c3cccc(C(C)C#N)c3)sc2s1. The van der Waals surface area contributed by atoms with Crippen LogP contribution < -0.4 is 0 Å². The van der Waals surface area contributed by atoms with E-state index in [0.29, 0.717) is 15.3 Å². The third kappa shape index (κ3) is 2.96. The van der Waals surface area contributed by atoms with E-state index in [2.05, 4.69) is 6.07 Å². The fourth-order valence-corrected chi connectivity index (χ4v) is 4.64. The number of ether oxygens (including phenoxy) is 1. The van der Waals surface area contributed by atoms with Crippen LogP contribution in [0, 0.1) is 11.3 Å². The van der Waals surface area contributed by atoms with Crippen molar-refractivity contribution in [3.05, 3.63) is 57.3 Å². The fraction of sp³-hybridized carbons (Fsp3) is 0.167. The van der Waals surface area contributed by atoms with Crippen LogP contribution in [0.3, 0.4) is 0 Å². The Hall–Kier alpha value is -2.49. The summed E-state index contributed by atoms with van der Waals surface area (Å²) in [5.74, 6) is -0.698. The molecule has 1 aromatic carbocycles. The number of ketones is 1. The molecule has 0 radical (unpaired) electrons. The van der Waals surface area contributed by atoms with E-state index in [4.69, 9.17) is 10.00 Å². The Balaban J connectivity index is 1.93. The van der Waals surface area contributed by atoms with Crippen molar-refractivity contribution in [2.75, 3.05) is 7.11 Å². The largest absolute Gasteiger partial charge is 0.465 e. The molecule has 0 amide bonds. The first-order chi connectivity index (χ1) is 11.5. The minimum atomic E-state index is -0.366. The molecule has 0 fully saturated rings. The number of rotatable bonds is 4. The second kappa shape index (κ2) is 6.56. The summed E-state index contributed by atoms with van der Waals surface area (Å²) in [7, 11) is 1.35. The minimum Gasteiger partial charge on any atom is -0.465 e. The average Bonchev–Trinajstić information content (AvgIpc) is 3.18. The predicted molar refractivity (Wildman–Crippen MR) is 94.9 cm³/mol. The molecule has 0 N–H and O–H groups in total. The molecule has 0 spiro atoms. The smallest absolute Gasteiger partial charge is 0.348 e. The van der Waals surface area contributed by atoms with Gasteiger partial charge in [-0.1, -0.05) is 18.2 Å². The molecule has 3 rings (SSSR count). The van der Waals surface area contributed by atoms with Gasteiger partial charge >= 0.3 is 5.97 Å². The number of hydrogen-bond acceptors (Lipinski definition) is 6. The van der Waals surface area contributed by atoms with Crippen LogP contribution in [0.5, 0.6) is 0 Å². The Morgan fingerprint density at radius 1 is 1.17 bits per heavy atom. The van der Waals surface area contributed by atoms with Crippen LogP contribution in [0.25, 0.3) is 9.40 Å². The zero-order valence-electron chi connectivity index (χ0n) is 13.0. The number of hydrogen-bond donors (Lipinski definition) is 0. The van der Waals surface area contributed by atoms with E-state index in [1.54, 1.807) is 37.3 Å². The first kappa shape index (κ1) is 16.4. The molecule has 2 heterocycles. The number of carbonyl (C=O) groups is 2. The van der Waals surface area contributed by atoms with Gasteiger partial charge in [-0.05, 0) is 30.7 Å².